The van der Waals surface area contributed by atoms with Gasteiger partial charge in [-0.2, -0.15) is 0 Å². The van der Waals surface area contributed by atoms with Crippen molar-refractivity contribution in [2.75, 3.05) is 6.54 Å². The molecule has 7 heteroatoms. The Balaban J connectivity index is 0.00000176. The zero-order valence-corrected chi connectivity index (χ0v) is 12.6. The number of likely N-dealkylation sites (tertiary alicyclic amines) is 1. The van der Waals surface area contributed by atoms with Crippen LogP contribution in [0.1, 0.15) is 18.6 Å². The number of carbonyl (C=O) groups is 1. The first-order valence-corrected chi connectivity index (χ1v) is 6.82. The highest BCUT2D eigenvalue weighted by molar-refractivity contribution is 5.85. The van der Waals surface area contributed by atoms with Crippen LogP contribution >= 0.6 is 12.4 Å². The Labute approximate surface area is 133 Å². The predicted molar refractivity (Wildman–Crippen MR) is 80.2 cm³/mol. The molecular weight excluding hydrogens is 311 g/mol. The molecule has 5 nitrogen and oxygen atoms in total. The van der Waals surface area contributed by atoms with Gasteiger partial charge in [0.15, 0.2) is 5.76 Å². The number of carboxylic acids is 1. The number of halogens is 2. The van der Waals surface area contributed by atoms with Crippen LogP contribution in [0.4, 0.5) is 4.39 Å². The number of hydrogen-bond acceptors (Lipinski definition) is 4. The molecule has 1 aromatic carbocycles. The molecule has 0 amide bonds. The lowest BCUT2D eigenvalue weighted by atomic mass is 10.1. The van der Waals surface area contributed by atoms with E-state index in [4.69, 9.17) is 9.63 Å². The minimum atomic E-state index is -0.800. The second-order valence-corrected chi connectivity index (χ2v) is 5.15. The number of rotatable bonds is 4. The number of benzene rings is 1. The molecule has 3 rings (SSSR count). The summed E-state index contributed by atoms with van der Waals surface area (Å²) in [4.78, 5) is 13.0. The fourth-order valence-corrected chi connectivity index (χ4v) is 2.64. The Morgan fingerprint density at radius 3 is 2.82 bits per heavy atom. The van der Waals surface area contributed by atoms with Gasteiger partial charge < -0.3 is 9.63 Å². The number of aromatic nitrogens is 1. The third kappa shape index (κ3) is 3.45. The van der Waals surface area contributed by atoms with Crippen LogP contribution in [0.3, 0.4) is 0 Å². The quantitative estimate of drug-likeness (QED) is 0.935. The van der Waals surface area contributed by atoms with Gasteiger partial charge >= 0.3 is 5.97 Å². The smallest absolute Gasteiger partial charge is 0.320 e. The SMILES string of the molecule is Cl.O=C(O)C1CCCN1Cc1cc(-c2ccc(F)cc2)no1. The molecule has 0 saturated carbocycles. The van der Waals surface area contributed by atoms with Crippen molar-refractivity contribution in [3.8, 4) is 11.3 Å². The van der Waals surface area contributed by atoms with Gasteiger partial charge in [0.25, 0.3) is 0 Å². The first-order chi connectivity index (χ1) is 10.1. The van der Waals surface area contributed by atoms with Crippen molar-refractivity contribution in [1.82, 2.24) is 10.1 Å². The molecule has 0 aliphatic carbocycles. The highest BCUT2D eigenvalue weighted by Gasteiger charge is 2.31. The van der Waals surface area contributed by atoms with Crippen molar-refractivity contribution >= 4 is 18.4 Å². The molecule has 1 aliphatic heterocycles. The van der Waals surface area contributed by atoms with Crippen LogP contribution in [-0.2, 0) is 11.3 Å². The van der Waals surface area contributed by atoms with Gasteiger partial charge in [0.1, 0.15) is 17.6 Å². The highest BCUT2D eigenvalue weighted by atomic mass is 35.5. The van der Waals surface area contributed by atoms with E-state index < -0.39 is 12.0 Å². The maximum atomic E-state index is 12.9. The van der Waals surface area contributed by atoms with Gasteiger partial charge in [0.05, 0.1) is 6.54 Å². The molecule has 2 heterocycles. The van der Waals surface area contributed by atoms with E-state index in [2.05, 4.69) is 5.16 Å². The molecule has 1 saturated heterocycles. The summed E-state index contributed by atoms with van der Waals surface area (Å²) in [6.45, 7) is 1.16. The summed E-state index contributed by atoms with van der Waals surface area (Å²) in [5, 5.41) is 13.1. The summed E-state index contributed by atoms with van der Waals surface area (Å²) in [5.41, 5.74) is 1.39. The Morgan fingerprint density at radius 1 is 1.41 bits per heavy atom. The van der Waals surface area contributed by atoms with Crippen molar-refractivity contribution in [2.45, 2.75) is 25.4 Å². The van der Waals surface area contributed by atoms with Gasteiger partial charge in [-0.05, 0) is 43.7 Å². The minimum absolute atomic E-state index is 0. The average Bonchev–Trinajstić information content (AvgIpc) is 3.09. The minimum Gasteiger partial charge on any atom is -0.480 e. The zero-order valence-electron chi connectivity index (χ0n) is 11.7. The first-order valence-electron chi connectivity index (χ1n) is 6.82. The topological polar surface area (TPSA) is 66.6 Å². The molecule has 1 unspecified atom stereocenters. The number of carboxylic acid groups (broad SMARTS) is 1. The standard InChI is InChI=1S/C15H15FN2O3.ClH/c16-11-5-3-10(4-6-11)13-8-12(21-17-13)9-18-7-1-2-14(18)15(19)20;/h3-6,8,14H,1-2,7,9H2,(H,19,20);1H. The largest absolute Gasteiger partial charge is 0.480 e. The van der Waals surface area contributed by atoms with Crippen LogP contribution in [0.15, 0.2) is 34.9 Å². The lowest BCUT2D eigenvalue weighted by molar-refractivity contribution is -0.142. The van der Waals surface area contributed by atoms with E-state index in [-0.39, 0.29) is 18.2 Å². The normalized spacial score (nSPS) is 18.1. The molecule has 0 bridgehead atoms. The lowest BCUT2D eigenvalue weighted by Crippen LogP contribution is -2.35. The molecule has 118 valence electrons. The van der Waals surface area contributed by atoms with E-state index in [9.17, 15) is 9.18 Å². The molecule has 0 radical (unpaired) electrons. The number of nitrogens with zero attached hydrogens (tertiary/aromatic N) is 2. The second-order valence-electron chi connectivity index (χ2n) is 5.15. The van der Waals surface area contributed by atoms with E-state index in [0.29, 0.717) is 24.4 Å². The maximum absolute atomic E-state index is 12.9. The molecular formula is C15H16ClFN2O3. The van der Waals surface area contributed by atoms with Crippen LogP contribution in [0.2, 0.25) is 0 Å². The van der Waals surface area contributed by atoms with Crippen molar-refractivity contribution in [3.05, 3.63) is 41.9 Å². The maximum Gasteiger partial charge on any atom is 0.320 e. The van der Waals surface area contributed by atoms with Crippen molar-refractivity contribution in [3.63, 3.8) is 0 Å². The van der Waals surface area contributed by atoms with Gasteiger partial charge in [-0.25, -0.2) is 4.39 Å². The molecule has 0 spiro atoms. The van der Waals surface area contributed by atoms with Crippen LogP contribution in [-0.4, -0.2) is 33.7 Å². The van der Waals surface area contributed by atoms with Crippen LogP contribution < -0.4 is 0 Å². The van der Waals surface area contributed by atoms with Gasteiger partial charge in [0.2, 0.25) is 0 Å². The summed E-state index contributed by atoms with van der Waals surface area (Å²) in [7, 11) is 0. The summed E-state index contributed by atoms with van der Waals surface area (Å²) in [6.07, 6.45) is 1.53. The van der Waals surface area contributed by atoms with Crippen LogP contribution in [0, 0.1) is 5.82 Å². The Bertz CT molecular complexity index is 644. The molecule has 1 aliphatic rings. The summed E-state index contributed by atoms with van der Waals surface area (Å²) >= 11 is 0. The molecule has 2 aromatic rings. The molecule has 1 atom stereocenters. The zero-order chi connectivity index (χ0) is 14.8. The highest BCUT2D eigenvalue weighted by Crippen LogP contribution is 2.23. The first kappa shape index (κ1) is 16.5. The molecule has 1 aromatic heterocycles. The fraction of sp³-hybridized carbons (Fsp3) is 0.333. The van der Waals surface area contributed by atoms with E-state index >= 15 is 0 Å². The van der Waals surface area contributed by atoms with E-state index in [1.165, 1.54) is 12.1 Å². The Hall–Kier alpha value is -1.92. The van der Waals surface area contributed by atoms with E-state index in [1.54, 1.807) is 18.2 Å². The average molecular weight is 327 g/mol. The second kappa shape index (κ2) is 6.89. The molecule has 22 heavy (non-hydrogen) atoms. The Morgan fingerprint density at radius 2 is 2.14 bits per heavy atom. The predicted octanol–water partition coefficient (Wildman–Crippen LogP) is 2.95. The lowest BCUT2D eigenvalue weighted by Gasteiger charge is -2.18. The third-order valence-corrected chi connectivity index (χ3v) is 3.71. The third-order valence-electron chi connectivity index (χ3n) is 3.71. The van der Waals surface area contributed by atoms with Gasteiger partial charge in [-0.15, -0.1) is 12.4 Å². The van der Waals surface area contributed by atoms with Gasteiger partial charge in [0, 0.05) is 11.6 Å². The molecule has 1 fully saturated rings. The Kier molecular flexibility index (Phi) is 5.15. The van der Waals surface area contributed by atoms with Crippen LogP contribution in [0.5, 0.6) is 0 Å². The number of aliphatic carboxylic acids is 1. The fourth-order valence-electron chi connectivity index (χ4n) is 2.64. The van der Waals surface area contributed by atoms with Crippen LogP contribution in [0.25, 0.3) is 11.3 Å². The molecule has 1 N–H and O–H groups in total. The van der Waals surface area contributed by atoms with Gasteiger partial charge in [-0.3, -0.25) is 9.69 Å². The van der Waals surface area contributed by atoms with E-state index in [0.717, 1.165) is 18.5 Å². The summed E-state index contributed by atoms with van der Waals surface area (Å²) in [5.74, 6) is -0.489. The van der Waals surface area contributed by atoms with Crippen molar-refractivity contribution < 1.29 is 18.8 Å². The van der Waals surface area contributed by atoms with Crippen molar-refractivity contribution in [2.24, 2.45) is 0 Å². The summed E-state index contributed by atoms with van der Waals surface area (Å²) in [6, 6.07) is 7.31. The summed E-state index contributed by atoms with van der Waals surface area (Å²) < 4.78 is 18.2. The van der Waals surface area contributed by atoms with Crippen molar-refractivity contribution in [1.29, 1.82) is 0 Å². The van der Waals surface area contributed by atoms with Gasteiger partial charge in [-0.1, -0.05) is 5.16 Å². The number of hydrogen-bond donors (Lipinski definition) is 1. The monoisotopic (exact) mass is 326 g/mol. The van der Waals surface area contributed by atoms with E-state index in [1.807, 2.05) is 4.90 Å².